The summed E-state index contributed by atoms with van der Waals surface area (Å²) in [6.45, 7) is 3.32. The fourth-order valence-corrected chi connectivity index (χ4v) is 1.96. The van der Waals surface area contributed by atoms with Gasteiger partial charge in [0.15, 0.2) is 5.82 Å². The van der Waals surface area contributed by atoms with Crippen LogP contribution in [0, 0.1) is 0 Å². The molecule has 2 aromatic rings. The van der Waals surface area contributed by atoms with Crippen LogP contribution in [-0.2, 0) is 13.2 Å². The van der Waals surface area contributed by atoms with Crippen molar-refractivity contribution in [1.29, 1.82) is 0 Å². The van der Waals surface area contributed by atoms with Gasteiger partial charge in [0.2, 0.25) is 0 Å². The van der Waals surface area contributed by atoms with Gasteiger partial charge in [0.05, 0.1) is 4.47 Å². The third-order valence-corrected chi connectivity index (χ3v) is 3.33. The van der Waals surface area contributed by atoms with E-state index in [4.69, 9.17) is 10.5 Å². The zero-order valence-corrected chi connectivity index (χ0v) is 11.7. The number of benzene rings is 1. The van der Waals surface area contributed by atoms with Crippen LogP contribution in [-0.4, -0.2) is 14.8 Å². The van der Waals surface area contributed by atoms with E-state index in [-0.39, 0.29) is 0 Å². The number of nitrogen functional groups attached to an aromatic ring is 1. The molecule has 0 amide bonds. The zero-order chi connectivity index (χ0) is 13.0. The number of hydrogen-bond donors (Lipinski definition) is 1. The van der Waals surface area contributed by atoms with Crippen LogP contribution >= 0.6 is 15.9 Å². The molecule has 0 fully saturated rings. The number of anilines is 1. The van der Waals surface area contributed by atoms with Gasteiger partial charge in [-0.05, 0) is 34.5 Å². The van der Waals surface area contributed by atoms with Crippen LogP contribution in [0.2, 0.25) is 0 Å². The first-order valence-electron chi connectivity index (χ1n) is 5.75. The Morgan fingerprint density at radius 2 is 2.28 bits per heavy atom. The quantitative estimate of drug-likeness (QED) is 0.862. The Labute approximate surface area is 114 Å². The van der Waals surface area contributed by atoms with E-state index in [1.165, 1.54) is 0 Å². The standard InChI is InChI=1S/C12H15BrN4O/c1-2-6-17-11(15-8-16-17)7-18-10-5-3-4-9(14)12(10)13/h3-5,8H,2,6-7,14H2,1H3. The average Bonchev–Trinajstić information content (AvgIpc) is 2.79. The summed E-state index contributed by atoms with van der Waals surface area (Å²) in [6.07, 6.45) is 2.56. The molecule has 18 heavy (non-hydrogen) atoms. The number of aryl methyl sites for hydroxylation is 1. The lowest BCUT2D eigenvalue weighted by Crippen LogP contribution is -2.08. The maximum absolute atomic E-state index is 5.79. The normalized spacial score (nSPS) is 10.6. The second-order valence-corrected chi connectivity index (χ2v) is 4.64. The fourth-order valence-electron chi connectivity index (χ4n) is 1.58. The first kappa shape index (κ1) is 12.9. The molecular formula is C12H15BrN4O. The number of aromatic nitrogens is 3. The second kappa shape index (κ2) is 5.86. The third kappa shape index (κ3) is 2.81. The van der Waals surface area contributed by atoms with Crippen LogP contribution in [0.1, 0.15) is 19.2 Å². The summed E-state index contributed by atoms with van der Waals surface area (Å²) in [5, 5.41) is 4.15. The van der Waals surface area contributed by atoms with Crippen molar-refractivity contribution in [2.45, 2.75) is 26.5 Å². The van der Waals surface area contributed by atoms with Gasteiger partial charge >= 0.3 is 0 Å². The van der Waals surface area contributed by atoms with E-state index in [1.54, 1.807) is 6.33 Å². The van der Waals surface area contributed by atoms with Crippen LogP contribution < -0.4 is 10.5 Å². The Morgan fingerprint density at radius 3 is 3.06 bits per heavy atom. The van der Waals surface area contributed by atoms with Crippen molar-refractivity contribution in [3.8, 4) is 5.75 Å². The zero-order valence-electron chi connectivity index (χ0n) is 10.1. The van der Waals surface area contributed by atoms with Crippen molar-refractivity contribution in [3.63, 3.8) is 0 Å². The first-order chi connectivity index (χ1) is 8.72. The predicted molar refractivity (Wildman–Crippen MR) is 73.2 cm³/mol. The summed E-state index contributed by atoms with van der Waals surface area (Å²) in [4.78, 5) is 4.18. The van der Waals surface area contributed by atoms with E-state index in [0.29, 0.717) is 18.0 Å². The summed E-state index contributed by atoms with van der Waals surface area (Å²) in [5.74, 6) is 1.52. The Morgan fingerprint density at radius 1 is 1.44 bits per heavy atom. The third-order valence-electron chi connectivity index (χ3n) is 2.48. The lowest BCUT2D eigenvalue weighted by Gasteiger charge is -2.09. The molecule has 0 bridgehead atoms. The van der Waals surface area contributed by atoms with Gasteiger partial charge in [0, 0.05) is 12.2 Å². The average molecular weight is 311 g/mol. The van der Waals surface area contributed by atoms with E-state index < -0.39 is 0 Å². The molecule has 0 saturated heterocycles. The summed E-state index contributed by atoms with van der Waals surface area (Å²) < 4.78 is 8.32. The highest BCUT2D eigenvalue weighted by atomic mass is 79.9. The second-order valence-electron chi connectivity index (χ2n) is 3.85. The number of halogens is 1. The first-order valence-corrected chi connectivity index (χ1v) is 6.55. The van der Waals surface area contributed by atoms with Crippen LogP contribution in [0.15, 0.2) is 29.0 Å². The Hall–Kier alpha value is -1.56. The summed E-state index contributed by atoms with van der Waals surface area (Å²) in [5.41, 5.74) is 6.44. The van der Waals surface area contributed by atoms with Gasteiger partial charge in [-0.3, -0.25) is 0 Å². The molecule has 1 aromatic carbocycles. The molecule has 1 heterocycles. The van der Waals surface area contributed by atoms with Gasteiger partial charge in [-0.25, -0.2) is 9.67 Å². The minimum Gasteiger partial charge on any atom is -0.484 e. The van der Waals surface area contributed by atoms with Gasteiger partial charge in [-0.2, -0.15) is 5.10 Å². The molecule has 6 heteroatoms. The lowest BCUT2D eigenvalue weighted by atomic mass is 10.3. The molecule has 0 spiro atoms. The molecule has 0 radical (unpaired) electrons. The Bertz CT molecular complexity index is 527. The van der Waals surface area contributed by atoms with Gasteiger partial charge in [0.1, 0.15) is 18.7 Å². The van der Waals surface area contributed by atoms with E-state index in [9.17, 15) is 0 Å². The number of hydrogen-bond acceptors (Lipinski definition) is 4. The van der Waals surface area contributed by atoms with Crippen molar-refractivity contribution in [2.24, 2.45) is 0 Å². The molecular weight excluding hydrogens is 296 g/mol. The highest BCUT2D eigenvalue weighted by Gasteiger charge is 2.07. The Kier molecular flexibility index (Phi) is 4.19. The van der Waals surface area contributed by atoms with E-state index in [2.05, 4.69) is 32.9 Å². The van der Waals surface area contributed by atoms with Crippen LogP contribution in [0.4, 0.5) is 5.69 Å². The van der Waals surface area contributed by atoms with Gasteiger partial charge in [0.25, 0.3) is 0 Å². The van der Waals surface area contributed by atoms with Crippen molar-refractivity contribution in [1.82, 2.24) is 14.8 Å². The SMILES string of the molecule is CCCn1ncnc1COc1cccc(N)c1Br. The predicted octanol–water partition coefficient (Wildman–Crippen LogP) is 2.61. The molecule has 1 aromatic heterocycles. The number of nitrogens with two attached hydrogens (primary N) is 1. The largest absolute Gasteiger partial charge is 0.484 e. The number of ether oxygens (including phenoxy) is 1. The molecule has 0 aliphatic rings. The summed E-state index contributed by atoms with van der Waals surface area (Å²) in [6, 6.07) is 5.53. The van der Waals surface area contributed by atoms with Gasteiger partial charge in [-0.1, -0.05) is 13.0 Å². The maximum Gasteiger partial charge on any atom is 0.164 e. The van der Waals surface area contributed by atoms with Crippen molar-refractivity contribution in [2.75, 3.05) is 5.73 Å². The van der Waals surface area contributed by atoms with Crippen molar-refractivity contribution >= 4 is 21.6 Å². The Balaban J connectivity index is 2.07. The van der Waals surface area contributed by atoms with Crippen LogP contribution in [0.5, 0.6) is 5.75 Å². The van der Waals surface area contributed by atoms with E-state index in [1.807, 2.05) is 22.9 Å². The maximum atomic E-state index is 5.79. The van der Waals surface area contributed by atoms with Crippen LogP contribution in [0.25, 0.3) is 0 Å². The fraction of sp³-hybridized carbons (Fsp3) is 0.333. The minimum atomic E-state index is 0.377. The number of nitrogens with zero attached hydrogens (tertiary/aromatic N) is 3. The van der Waals surface area contributed by atoms with Gasteiger partial charge in [-0.15, -0.1) is 0 Å². The summed E-state index contributed by atoms with van der Waals surface area (Å²) in [7, 11) is 0. The highest BCUT2D eigenvalue weighted by Crippen LogP contribution is 2.30. The molecule has 2 N–H and O–H groups in total. The minimum absolute atomic E-state index is 0.377. The highest BCUT2D eigenvalue weighted by molar-refractivity contribution is 9.10. The molecule has 0 atom stereocenters. The number of rotatable bonds is 5. The molecule has 96 valence electrons. The molecule has 0 aliphatic carbocycles. The molecule has 0 unspecified atom stereocenters. The smallest absolute Gasteiger partial charge is 0.164 e. The lowest BCUT2D eigenvalue weighted by molar-refractivity contribution is 0.284. The molecule has 0 aliphatic heterocycles. The molecule has 2 rings (SSSR count). The monoisotopic (exact) mass is 310 g/mol. The summed E-state index contributed by atoms with van der Waals surface area (Å²) >= 11 is 3.40. The topological polar surface area (TPSA) is 66.0 Å². The van der Waals surface area contributed by atoms with E-state index >= 15 is 0 Å². The molecule has 5 nitrogen and oxygen atoms in total. The van der Waals surface area contributed by atoms with Crippen molar-refractivity contribution in [3.05, 3.63) is 34.8 Å². The van der Waals surface area contributed by atoms with Crippen LogP contribution in [0.3, 0.4) is 0 Å². The molecule has 0 saturated carbocycles. The van der Waals surface area contributed by atoms with E-state index in [0.717, 1.165) is 23.3 Å². The van der Waals surface area contributed by atoms with Gasteiger partial charge < -0.3 is 10.5 Å². The van der Waals surface area contributed by atoms with Crippen molar-refractivity contribution < 1.29 is 4.74 Å².